The van der Waals surface area contributed by atoms with Gasteiger partial charge < -0.3 is 5.11 Å². The van der Waals surface area contributed by atoms with Crippen LogP contribution in [0.5, 0.6) is 0 Å². The number of sulfonamides is 1. The predicted molar refractivity (Wildman–Crippen MR) is 58.8 cm³/mol. The van der Waals surface area contributed by atoms with Gasteiger partial charge >= 0.3 is 5.97 Å². The molecule has 2 rings (SSSR count). The average molecular weight is 265 g/mol. The number of alkyl halides is 1. The third kappa shape index (κ3) is 2.60. The molecule has 1 aliphatic heterocycles. The lowest BCUT2D eigenvalue weighted by Crippen LogP contribution is -2.43. The summed E-state index contributed by atoms with van der Waals surface area (Å²) in [7, 11) is -3.19. The van der Waals surface area contributed by atoms with Crippen molar-refractivity contribution in [3.8, 4) is 0 Å². The number of carboxylic acid groups (broad SMARTS) is 1. The van der Waals surface area contributed by atoms with Crippen molar-refractivity contribution >= 4 is 16.0 Å². The highest BCUT2D eigenvalue weighted by molar-refractivity contribution is 7.90. The van der Waals surface area contributed by atoms with Crippen molar-refractivity contribution in [2.45, 2.75) is 37.1 Å². The molecule has 1 aliphatic carbocycles. The van der Waals surface area contributed by atoms with E-state index in [2.05, 4.69) is 0 Å². The van der Waals surface area contributed by atoms with Crippen LogP contribution in [0, 0.1) is 5.92 Å². The Labute approximate surface area is 99.7 Å². The quantitative estimate of drug-likeness (QED) is 0.808. The number of hydrogen-bond donors (Lipinski definition) is 1. The Morgan fingerprint density at radius 2 is 1.76 bits per heavy atom. The standard InChI is InChI=1S/C10H16FNO4S/c11-9(10(13)14)7-3-5-12(6-4-7)17(15,16)8-1-2-8/h7-9H,1-6H2,(H,13,14). The van der Waals surface area contributed by atoms with Crippen LogP contribution in [0.15, 0.2) is 0 Å². The SMILES string of the molecule is O=C(O)C(F)C1CCN(S(=O)(=O)C2CC2)CC1. The molecule has 0 bridgehead atoms. The summed E-state index contributed by atoms with van der Waals surface area (Å²) >= 11 is 0. The zero-order chi connectivity index (χ0) is 12.6. The molecule has 0 spiro atoms. The van der Waals surface area contributed by atoms with Crippen LogP contribution in [0.4, 0.5) is 4.39 Å². The first-order chi connectivity index (χ1) is 7.93. The molecule has 0 aromatic carbocycles. The summed E-state index contributed by atoms with van der Waals surface area (Å²) in [6, 6.07) is 0. The summed E-state index contributed by atoms with van der Waals surface area (Å²) in [6.07, 6.45) is 0.131. The van der Waals surface area contributed by atoms with Crippen LogP contribution < -0.4 is 0 Å². The van der Waals surface area contributed by atoms with Crippen molar-refractivity contribution in [3.63, 3.8) is 0 Å². The first-order valence-electron chi connectivity index (χ1n) is 5.79. The lowest BCUT2D eigenvalue weighted by molar-refractivity contribution is -0.145. The zero-order valence-corrected chi connectivity index (χ0v) is 10.2. The Kier molecular flexibility index (Phi) is 3.40. The van der Waals surface area contributed by atoms with Gasteiger partial charge in [-0.3, -0.25) is 0 Å². The Bertz CT molecular complexity index is 399. The smallest absolute Gasteiger partial charge is 0.338 e. The number of aliphatic carboxylic acids is 1. The molecule has 0 aromatic rings. The molecule has 1 saturated carbocycles. The molecule has 0 aromatic heterocycles. The largest absolute Gasteiger partial charge is 0.479 e. The third-order valence-electron chi connectivity index (χ3n) is 3.45. The summed E-state index contributed by atoms with van der Waals surface area (Å²) in [6.45, 7) is 0.494. The second kappa shape index (κ2) is 4.53. The topological polar surface area (TPSA) is 74.7 Å². The number of carboxylic acids is 1. The summed E-state index contributed by atoms with van der Waals surface area (Å²) in [5.41, 5.74) is 0. The van der Waals surface area contributed by atoms with Gasteiger partial charge in [-0.15, -0.1) is 0 Å². The summed E-state index contributed by atoms with van der Waals surface area (Å²) in [5, 5.41) is 8.30. The van der Waals surface area contributed by atoms with Gasteiger partial charge in [0.2, 0.25) is 10.0 Å². The number of nitrogens with zero attached hydrogens (tertiary/aromatic N) is 1. The van der Waals surface area contributed by atoms with Crippen molar-refractivity contribution in [3.05, 3.63) is 0 Å². The van der Waals surface area contributed by atoms with Gasteiger partial charge in [-0.2, -0.15) is 0 Å². The molecule has 1 heterocycles. The van der Waals surface area contributed by atoms with Crippen molar-refractivity contribution < 1.29 is 22.7 Å². The van der Waals surface area contributed by atoms with E-state index in [1.54, 1.807) is 0 Å². The maximum Gasteiger partial charge on any atom is 0.338 e. The van der Waals surface area contributed by atoms with Crippen molar-refractivity contribution in [1.29, 1.82) is 0 Å². The first-order valence-corrected chi connectivity index (χ1v) is 7.29. The molecule has 17 heavy (non-hydrogen) atoms. The Morgan fingerprint density at radius 3 is 2.18 bits per heavy atom. The Morgan fingerprint density at radius 1 is 1.24 bits per heavy atom. The molecule has 1 unspecified atom stereocenters. The van der Waals surface area contributed by atoms with E-state index in [1.807, 2.05) is 0 Å². The van der Waals surface area contributed by atoms with E-state index in [0.717, 1.165) is 0 Å². The molecule has 1 atom stereocenters. The van der Waals surface area contributed by atoms with Crippen LogP contribution in [0.3, 0.4) is 0 Å². The highest BCUT2D eigenvalue weighted by Gasteiger charge is 2.42. The second-order valence-corrected chi connectivity index (χ2v) is 6.93. The van der Waals surface area contributed by atoms with Gasteiger partial charge in [-0.05, 0) is 25.7 Å². The van der Waals surface area contributed by atoms with E-state index in [0.29, 0.717) is 25.7 Å². The molecule has 98 valence electrons. The minimum atomic E-state index is -3.19. The first kappa shape index (κ1) is 12.8. The number of rotatable bonds is 4. The van der Waals surface area contributed by atoms with Crippen LogP contribution in [0.1, 0.15) is 25.7 Å². The van der Waals surface area contributed by atoms with Gasteiger partial charge in [0.05, 0.1) is 5.25 Å². The van der Waals surface area contributed by atoms with Gasteiger partial charge in [0, 0.05) is 19.0 Å². The molecule has 0 radical (unpaired) electrons. The van der Waals surface area contributed by atoms with Crippen molar-refractivity contribution in [2.24, 2.45) is 5.92 Å². The van der Waals surface area contributed by atoms with Crippen molar-refractivity contribution in [1.82, 2.24) is 4.31 Å². The normalized spacial score (nSPS) is 25.7. The fourth-order valence-electron chi connectivity index (χ4n) is 2.20. The molecule has 2 aliphatic rings. The molecule has 7 heteroatoms. The van der Waals surface area contributed by atoms with Crippen LogP contribution in [0.25, 0.3) is 0 Å². The van der Waals surface area contributed by atoms with Gasteiger partial charge in [0.25, 0.3) is 0 Å². The fourth-order valence-corrected chi connectivity index (χ4v) is 4.07. The predicted octanol–water partition coefficient (Wildman–Crippen LogP) is 0.613. The van der Waals surface area contributed by atoms with Gasteiger partial charge in [0.1, 0.15) is 0 Å². The van der Waals surface area contributed by atoms with Crippen LogP contribution in [-0.2, 0) is 14.8 Å². The highest BCUT2D eigenvalue weighted by Crippen LogP contribution is 2.33. The number of carbonyl (C=O) groups is 1. The Balaban J connectivity index is 1.92. The fraction of sp³-hybridized carbons (Fsp3) is 0.900. The zero-order valence-electron chi connectivity index (χ0n) is 9.38. The minimum absolute atomic E-state index is 0.247. The lowest BCUT2D eigenvalue weighted by atomic mass is 9.93. The van der Waals surface area contributed by atoms with Gasteiger partial charge in [0.15, 0.2) is 6.17 Å². The number of piperidine rings is 1. The second-order valence-electron chi connectivity index (χ2n) is 4.72. The summed E-state index contributed by atoms with van der Waals surface area (Å²) in [4.78, 5) is 10.5. The molecule has 0 amide bonds. The number of hydrogen-bond acceptors (Lipinski definition) is 3. The lowest BCUT2D eigenvalue weighted by Gasteiger charge is -2.31. The van der Waals surface area contributed by atoms with E-state index in [1.165, 1.54) is 4.31 Å². The van der Waals surface area contributed by atoms with E-state index in [-0.39, 0.29) is 18.3 Å². The molecule has 5 nitrogen and oxygen atoms in total. The van der Waals surface area contributed by atoms with Crippen molar-refractivity contribution in [2.75, 3.05) is 13.1 Å². The summed E-state index contributed by atoms with van der Waals surface area (Å²) in [5.74, 6) is -2.01. The molecular weight excluding hydrogens is 249 g/mol. The van der Waals surface area contributed by atoms with Crippen LogP contribution >= 0.6 is 0 Å². The average Bonchev–Trinajstić information content (AvgIpc) is 3.12. The summed E-state index contributed by atoms with van der Waals surface area (Å²) < 4.78 is 38.4. The minimum Gasteiger partial charge on any atom is -0.479 e. The number of halogens is 1. The molecule has 1 saturated heterocycles. The van der Waals surface area contributed by atoms with Crippen LogP contribution in [0.2, 0.25) is 0 Å². The van der Waals surface area contributed by atoms with E-state index in [9.17, 15) is 17.6 Å². The Hall–Kier alpha value is -0.690. The van der Waals surface area contributed by atoms with Crippen LogP contribution in [-0.4, -0.2) is 48.3 Å². The monoisotopic (exact) mass is 265 g/mol. The van der Waals surface area contributed by atoms with Gasteiger partial charge in [-0.25, -0.2) is 21.9 Å². The maximum absolute atomic E-state index is 13.2. The van der Waals surface area contributed by atoms with E-state index >= 15 is 0 Å². The van der Waals surface area contributed by atoms with E-state index in [4.69, 9.17) is 5.11 Å². The van der Waals surface area contributed by atoms with E-state index < -0.39 is 28.1 Å². The highest BCUT2D eigenvalue weighted by atomic mass is 32.2. The van der Waals surface area contributed by atoms with Gasteiger partial charge in [-0.1, -0.05) is 0 Å². The molecule has 2 fully saturated rings. The maximum atomic E-state index is 13.2. The molecule has 1 N–H and O–H groups in total. The third-order valence-corrected chi connectivity index (χ3v) is 5.85. The molecular formula is C10H16FNO4S.